The molecule has 0 radical (unpaired) electrons. The van der Waals surface area contributed by atoms with Crippen LogP contribution >= 0.6 is 11.6 Å². The molecule has 3 aromatic rings. The molecule has 2 aliphatic heterocycles. The van der Waals surface area contributed by atoms with E-state index < -0.39 is 11.7 Å². The number of nitrogens with zero attached hydrogens (tertiary/aromatic N) is 7. The highest BCUT2D eigenvalue weighted by Crippen LogP contribution is 2.33. The third-order valence-electron chi connectivity index (χ3n) is 6.42. The van der Waals surface area contributed by atoms with Gasteiger partial charge in [0.15, 0.2) is 5.65 Å². The Morgan fingerprint density at radius 1 is 1.15 bits per heavy atom. The SMILES string of the molecule is CC(C)N1CCN(C2CN(c3nc(Cl)nc4c3cnn4-c3cccc(C(F)(F)F)c3)C2)C(=O)C1. The van der Waals surface area contributed by atoms with E-state index in [1.165, 1.54) is 23.0 Å². The third-order valence-corrected chi connectivity index (χ3v) is 6.59. The summed E-state index contributed by atoms with van der Waals surface area (Å²) in [4.78, 5) is 27.3. The Morgan fingerprint density at radius 2 is 1.91 bits per heavy atom. The zero-order valence-corrected chi connectivity index (χ0v) is 19.4. The average molecular weight is 494 g/mol. The number of piperazine rings is 1. The first-order valence-electron chi connectivity index (χ1n) is 11.0. The summed E-state index contributed by atoms with van der Waals surface area (Å²) in [7, 11) is 0. The number of fused-ring (bicyclic) bond motifs is 1. The molecule has 2 aromatic heterocycles. The second-order valence-electron chi connectivity index (χ2n) is 8.87. The summed E-state index contributed by atoms with van der Waals surface area (Å²) >= 11 is 6.18. The Kier molecular flexibility index (Phi) is 5.64. The zero-order chi connectivity index (χ0) is 24.2. The van der Waals surface area contributed by atoms with Gasteiger partial charge in [-0.3, -0.25) is 9.69 Å². The number of amides is 1. The van der Waals surface area contributed by atoms with Gasteiger partial charge in [-0.15, -0.1) is 0 Å². The summed E-state index contributed by atoms with van der Waals surface area (Å²) < 4.78 is 40.9. The van der Waals surface area contributed by atoms with Gasteiger partial charge >= 0.3 is 6.18 Å². The largest absolute Gasteiger partial charge is 0.416 e. The molecule has 0 atom stereocenters. The number of alkyl halides is 3. The molecular weight excluding hydrogens is 471 g/mol. The van der Waals surface area contributed by atoms with Gasteiger partial charge in [0, 0.05) is 32.2 Å². The van der Waals surface area contributed by atoms with E-state index in [2.05, 4.69) is 33.8 Å². The van der Waals surface area contributed by atoms with Crippen LogP contribution in [0.5, 0.6) is 0 Å². The topological polar surface area (TPSA) is 70.4 Å². The number of halogens is 4. The highest BCUT2D eigenvalue weighted by Gasteiger charge is 2.39. The van der Waals surface area contributed by atoms with Crippen LogP contribution < -0.4 is 4.90 Å². The second kappa shape index (κ2) is 8.38. The first-order chi connectivity index (χ1) is 16.1. The number of carbonyl (C=O) groups excluding carboxylic acids is 1. The molecule has 2 aliphatic rings. The summed E-state index contributed by atoms with van der Waals surface area (Å²) in [5.74, 6) is 0.672. The average Bonchev–Trinajstić information content (AvgIpc) is 3.17. The molecule has 1 aromatic carbocycles. The van der Waals surface area contributed by atoms with Crippen LogP contribution in [0.1, 0.15) is 19.4 Å². The summed E-state index contributed by atoms with van der Waals surface area (Å²) in [6.07, 6.45) is -2.94. The molecule has 34 heavy (non-hydrogen) atoms. The molecule has 5 rings (SSSR count). The van der Waals surface area contributed by atoms with E-state index in [1.54, 1.807) is 0 Å². The number of rotatable bonds is 4. The lowest BCUT2D eigenvalue weighted by Gasteiger charge is -2.49. The maximum Gasteiger partial charge on any atom is 0.416 e. The number of hydrogen-bond acceptors (Lipinski definition) is 6. The molecule has 0 saturated carbocycles. The summed E-state index contributed by atoms with van der Waals surface area (Å²) in [5, 5.41) is 4.82. The molecule has 0 unspecified atom stereocenters. The smallest absolute Gasteiger partial charge is 0.352 e. The Bertz CT molecular complexity index is 1240. The molecule has 12 heteroatoms. The van der Waals surface area contributed by atoms with Gasteiger partial charge in [0.05, 0.1) is 35.4 Å². The molecule has 8 nitrogen and oxygen atoms in total. The minimum absolute atomic E-state index is 0.0266. The van der Waals surface area contributed by atoms with Gasteiger partial charge in [-0.2, -0.15) is 28.2 Å². The van der Waals surface area contributed by atoms with Crippen LogP contribution in [0.4, 0.5) is 19.0 Å². The Balaban J connectivity index is 1.38. The maximum atomic E-state index is 13.2. The first kappa shape index (κ1) is 22.9. The van der Waals surface area contributed by atoms with Gasteiger partial charge < -0.3 is 9.80 Å². The maximum absolute atomic E-state index is 13.2. The van der Waals surface area contributed by atoms with Gasteiger partial charge in [-0.05, 0) is 43.6 Å². The summed E-state index contributed by atoms with van der Waals surface area (Å²) in [6.45, 7) is 7.28. The van der Waals surface area contributed by atoms with Gasteiger partial charge in [-0.25, -0.2) is 4.68 Å². The minimum Gasteiger partial charge on any atom is -0.352 e. The van der Waals surface area contributed by atoms with Crippen molar-refractivity contribution in [1.29, 1.82) is 0 Å². The highest BCUT2D eigenvalue weighted by molar-refractivity contribution is 6.28. The van der Waals surface area contributed by atoms with E-state index in [0.29, 0.717) is 49.1 Å². The van der Waals surface area contributed by atoms with Crippen LogP contribution in [-0.4, -0.2) is 80.3 Å². The van der Waals surface area contributed by atoms with Crippen molar-refractivity contribution >= 4 is 34.4 Å². The molecule has 0 spiro atoms. The van der Waals surface area contributed by atoms with Crippen LogP contribution in [0, 0.1) is 0 Å². The van der Waals surface area contributed by atoms with Gasteiger partial charge in [0.1, 0.15) is 5.82 Å². The monoisotopic (exact) mass is 493 g/mol. The van der Waals surface area contributed by atoms with Crippen molar-refractivity contribution in [1.82, 2.24) is 29.5 Å². The van der Waals surface area contributed by atoms with Gasteiger partial charge in [0.25, 0.3) is 0 Å². The second-order valence-corrected chi connectivity index (χ2v) is 9.21. The van der Waals surface area contributed by atoms with Crippen LogP contribution in [0.2, 0.25) is 5.28 Å². The standard InChI is InChI=1S/C22H23ClF3N7O/c1-13(2)30-6-7-32(18(34)12-30)16-10-31(11-16)19-17-9-27-33(20(17)29-21(23)28-19)15-5-3-4-14(8-15)22(24,25)26/h3-5,8-9,13,16H,6-7,10-12H2,1-2H3. The quantitative estimate of drug-likeness (QED) is 0.520. The fourth-order valence-corrected chi connectivity index (χ4v) is 4.63. The Labute approximate surface area is 198 Å². The number of benzene rings is 1. The van der Waals surface area contributed by atoms with Crippen molar-refractivity contribution in [2.75, 3.05) is 37.6 Å². The number of hydrogen-bond donors (Lipinski definition) is 0. The lowest BCUT2D eigenvalue weighted by molar-refractivity contribution is -0.140. The fourth-order valence-electron chi connectivity index (χ4n) is 4.47. The predicted octanol–water partition coefficient (Wildman–Crippen LogP) is 3.23. The molecule has 4 heterocycles. The van der Waals surface area contributed by atoms with Crippen molar-refractivity contribution < 1.29 is 18.0 Å². The predicted molar refractivity (Wildman–Crippen MR) is 121 cm³/mol. The fraction of sp³-hybridized carbons (Fsp3) is 0.455. The molecule has 180 valence electrons. The van der Waals surface area contributed by atoms with Crippen molar-refractivity contribution in [3.63, 3.8) is 0 Å². The van der Waals surface area contributed by atoms with Crippen molar-refractivity contribution in [3.8, 4) is 5.69 Å². The number of aromatic nitrogens is 4. The van der Waals surface area contributed by atoms with Crippen LogP contribution in [0.15, 0.2) is 30.5 Å². The van der Waals surface area contributed by atoms with E-state index in [0.717, 1.165) is 18.7 Å². The molecule has 0 N–H and O–H groups in total. The number of anilines is 1. The zero-order valence-electron chi connectivity index (χ0n) is 18.6. The minimum atomic E-state index is -4.47. The summed E-state index contributed by atoms with van der Waals surface area (Å²) in [6, 6.07) is 5.28. The van der Waals surface area contributed by atoms with Crippen molar-refractivity contribution in [2.45, 2.75) is 32.1 Å². The van der Waals surface area contributed by atoms with Gasteiger partial charge in [-0.1, -0.05) is 6.07 Å². The van der Waals surface area contributed by atoms with Crippen LogP contribution in [0.25, 0.3) is 16.7 Å². The molecule has 1 amide bonds. The lowest BCUT2D eigenvalue weighted by Crippen LogP contribution is -2.65. The normalized spacial score (nSPS) is 18.3. The van der Waals surface area contributed by atoms with Crippen molar-refractivity contribution in [3.05, 3.63) is 41.3 Å². The van der Waals surface area contributed by atoms with E-state index in [4.69, 9.17) is 11.6 Å². The first-order valence-corrected chi connectivity index (χ1v) is 11.4. The van der Waals surface area contributed by atoms with E-state index in [1.807, 2.05) is 9.80 Å². The Hall–Kier alpha value is -2.92. The van der Waals surface area contributed by atoms with Crippen molar-refractivity contribution in [2.24, 2.45) is 0 Å². The number of carbonyl (C=O) groups is 1. The highest BCUT2D eigenvalue weighted by atomic mass is 35.5. The molecule has 2 fully saturated rings. The van der Waals surface area contributed by atoms with E-state index >= 15 is 0 Å². The molecule has 0 bridgehead atoms. The molecule has 2 saturated heterocycles. The Morgan fingerprint density at radius 3 is 2.59 bits per heavy atom. The van der Waals surface area contributed by atoms with E-state index in [9.17, 15) is 18.0 Å². The lowest BCUT2D eigenvalue weighted by atomic mass is 10.0. The van der Waals surface area contributed by atoms with E-state index in [-0.39, 0.29) is 22.9 Å². The van der Waals surface area contributed by atoms with Gasteiger partial charge in [0.2, 0.25) is 11.2 Å². The van der Waals surface area contributed by atoms with Crippen LogP contribution in [0.3, 0.4) is 0 Å². The summed E-state index contributed by atoms with van der Waals surface area (Å²) in [5.41, 5.74) is -0.234. The molecular formula is C22H23ClF3N7O. The van der Waals surface area contributed by atoms with Crippen LogP contribution in [-0.2, 0) is 11.0 Å². The third kappa shape index (κ3) is 4.07. The molecule has 0 aliphatic carbocycles.